The van der Waals surface area contributed by atoms with Gasteiger partial charge in [0.15, 0.2) is 5.75 Å². The van der Waals surface area contributed by atoms with Crippen molar-refractivity contribution >= 4 is 34.6 Å². The van der Waals surface area contributed by atoms with Gasteiger partial charge in [0.05, 0.1) is 41.1 Å². The maximum absolute atomic E-state index is 13.0. The molecule has 0 bridgehead atoms. The Hall–Kier alpha value is -5.25. The first-order valence-corrected chi connectivity index (χ1v) is 12.2. The molecule has 0 atom stereocenters. The fourth-order valence-corrected chi connectivity index (χ4v) is 4.42. The van der Waals surface area contributed by atoms with Crippen molar-refractivity contribution in [3.8, 4) is 16.9 Å². The van der Waals surface area contributed by atoms with Crippen molar-refractivity contribution in [2.75, 3.05) is 24.3 Å². The maximum Gasteiger partial charge on any atom is 0.310 e. The van der Waals surface area contributed by atoms with E-state index in [-0.39, 0.29) is 29.7 Å². The van der Waals surface area contributed by atoms with Gasteiger partial charge in [-0.3, -0.25) is 24.7 Å². The smallest absolute Gasteiger partial charge is 0.310 e. The van der Waals surface area contributed by atoms with Crippen molar-refractivity contribution in [2.24, 2.45) is 0 Å². The van der Waals surface area contributed by atoms with Crippen LogP contribution in [0.25, 0.3) is 11.1 Å². The number of pyridine rings is 1. The Morgan fingerprint density at radius 2 is 1.79 bits per heavy atom. The summed E-state index contributed by atoms with van der Waals surface area (Å²) in [6.07, 6.45) is 4.35. The summed E-state index contributed by atoms with van der Waals surface area (Å²) in [7, 11) is 1.38. The quantitative estimate of drug-likeness (QED) is 0.221. The molecular formula is C29H25N5O5. The van der Waals surface area contributed by atoms with Crippen LogP contribution < -0.4 is 20.7 Å². The molecule has 1 aromatic heterocycles. The lowest BCUT2D eigenvalue weighted by Gasteiger charge is -2.12. The molecule has 10 nitrogen and oxygen atoms in total. The zero-order chi connectivity index (χ0) is 27.4. The molecule has 39 heavy (non-hydrogen) atoms. The standard InChI is InChI=1S/C29H25N5O5/c1-39-27-16-21(6-9-26(27)34(37)38)20-5-7-22-24(15-20)32-23-8-4-19(13-25(23)33-29(22)36)14-28(35)31-12-10-18-3-2-11-30-17-18/h2-9,11,13,15-17,32H,10,12,14H2,1H3,(H,31,35)(H,33,36). The zero-order valence-corrected chi connectivity index (χ0v) is 21.1. The SMILES string of the molecule is COc1cc(-c2ccc3c(c2)Nc2ccc(CC(=O)NCCc4cccnc4)cc2NC3=O)ccc1[N+](=O)[O-]. The lowest BCUT2D eigenvalue weighted by atomic mass is 10.0. The Balaban J connectivity index is 1.31. The van der Waals surface area contributed by atoms with Crippen molar-refractivity contribution in [1.82, 2.24) is 10.3 Å². The van der Waals surface area contributed by atoms with Gasteiger partial charge in [0, 0.05) is 25.0 Å². The van der Waals surface area contributed by atoms with Crippen LogP contribution in [0.15, 0.2) is 79.1 Å². The van der Waals surface area contributed by atoms with Crippen molar-refractivity contribution in [3.63, 3.8) is 0 Å². The predicted octanol–water partition coefficient (Wildman–Crippen LogP) is 4.88. The Labute approximate surface area is 224 Å². The predicted molar refractivity (Wildman–Crippen MR) is 147 cm³/mol. The number of fused-ring (bicyclic) bond motifs is 2. The molecule has 10 heteroatoms. The molecular weight excluding hydrogens is 498 g/mol. The largest absolute Gasteiger partial charge is 0.490 e. The molecule has 0 unspecified atom stereocenters. The summed E-state index contributed by atoms with van der Waals surface area (Å²) >= 11 is 0. The van der Waals surface area contributed by atoms with E-state index in [0.717, 1.165) is 16.7 Å². The third-order valence-electron chi connectivity index (χ3n) is 6.40. The number of anilines is 3. The molecule has 3 N–H and O–H groups in total. The van der Waals surface area contributed by atoms with E-state index in [1.807, 2.05) is 30.3 Å². The normalized spacial score (nSPS) is 11.8. The molecule has 1 aliphatic rings. The number of rotatable bonds is 8. The average molecular weight is 524 g/mol. The number of benzene rings is 3. The molecule has 2 heterocycles. The van der Waals surface area contributed by atoms with Gasteiger partial charge in [-0.25, -0.2) is 0 Å². The third kappa shape index (κ3) is 5.69. The summed E-state index contributed by atoms with van der Waals surface area (Å²) in [6, 6.07) is 19.2. The number of hydrogen-bond acceptors (Lipinski definition) is 7. The monoisotopic (exact) mass is 523 g/mol. The fraction of sp³-hybridized carbons (Fsp3) is 0.138. The number of nitro groups is 1. The van der Waals surface area contributed by atoms with Gasteiger partial charge < -0.3 is 20.7 Å². The van der Waals surface area contributed by atoms with Crippen molar-refractivity contribution in [1.29, 1.82) is 0 Å². The third-order valence-corrected chi connectivity index (χ3v) is 6.40. The molecule has 3 aromatic carbocycles. The van der Waals surface area contributed by atoms with Crippen LogP contribution in [0.2, 0.25) is 0 Å². The number of amides is 2. The van der Waals surface area contributed by atoms with Gasteiger partial charge in [-0.05, 0) is 71.1 Å². The van der Waals surface area contributed by atoms with Crippen molar-refractivity contribution < 1.29 is 19.2 Å². The molecule has 196 valence electrons. The lowest BCUT2D eigenvalue weighted by Crippen LogP contribution is -2.27. The van der Waals surface area contributed by atoms with E-state index >= 15 is 0 Å². The van der Waals surface area contributed by atoms with Gasteiger partial charge >= 0.3 is 5.69 Å². The highest BCUT2D eigenvalue weighted by Gasteiger charge is 2.21. The number of carbonyl (C=O) groups is 2. The average Bonchev–Trinajstić information content (AvgIpc) is 3.08. The number of hydrogen-bond donors (Lipinski definition) is 3. The summed E-state index contributed by atoms with van der Waals surface area (Å²) in [5.41, 5.74) is 5.42. The molecule has 5 rings (SSSR count). The highest BCUT2D eigenvalue weighted by Crippen LogP contribution is 2.37. The minimum Gasteiger partial charge on any atom is -0.490 e. The summed E-state index contributed by atoms with van der Waals surface area (Å²) < 4.78 is 5.19. The summed E-state index contributed by atoms with van der Waals surface area (Å²) in [6.45, 7) is 0.506. The molecule has 2 amide bonds. The molecule has 1 aliphatic heterocycles. The number of ether oxygens (including phenoxy) is 1. The van der Waals surface area contributed by atoms with E-state index in [2.05, 4.69) is 20.9 Å². The molecule has 0 aliphatic carbocycles. The van der Waals surface area contributed by atoms with E-state index in [9.17, 15) is 19.7 Å². The molecule has 0 radical (unpaired) electrons. The van der Waals surface area contributed by atoms with E-state index in [4.69, 9.17) is 4.74 Å². The number of carbonyl (C=O) groups excluding carboxylic acids is 2. The van der Waals surface area contributed by atoms with E-state index in [1.54, 1.807) is 42.7 Å². The van der Waals surface area contributed by atoms with Gasteiger partial charge in [-0.2, -0.15) is 0 Å². The fourth-order valence-electron chi connectivity index (χ4n) is 4.42. The molecule has 0 spiro atoms. The summed E-state index contributed by atoms with van der Waals surface area (Å²) in [5.74, 6) is -0.252. The van der Waals surface area contributed by atoms with Gasteiger partial charge in [0.1, 0.15) is 0 Å². The Morgan fingerprint density at radius 3 is 2.56 bits per heavy atom. The van der Waals surface area contributed by atoms with E-state index < -0.39 is 4.92 Å². The van der Waals surface area contributed by atoms with E-state index in [0.29, 0.717) is 41.2 Å². The van der Waals surface area contributed by atoms with Crippen LogP contribution in [0.4, 0.5) is 22.7 Å². The second-order valence-electron chi connectivity index (χ2n) is 9.00. The van der Waals surface area contributed by atoms with Crippen molar-refractivity contribution in [2.45, 2.75) is 12.8 Å². The minimum atomic E-state index is -0.497. The first-order chi connectivity index (χ1) is 18.9. The van der Waals surface area contributed by atoms with Gasteiger partial charge in [0.25, 0.3) is 5.91 Å². The van der Waals surface area contributed by atoms with Crippen LogP contribution >= 0.6 is 0 Å². The van der Waals surface area contributed by atoms with Crippen LogP contribution in [0, 0.1) is 10.1 Å². The van der Waals surface area contributed by atoms with Gasteiger partial charge in [-0.1, -0.05) is 18.2 Å². The van der Waals surface area contributed by atoms with Crippen LogP contribution in [0.5, 0.6) is 5.75 Å². The van der Waals surface area contributed by atoms with Crippen molar-refractivity contribution in [3.05, 3.63) is 106 Å². The molecule has 4 aromatic rings. The van der Waals surface area contributed by atoms with Crippen LogP contribution in [-0.2, 0) is 17.6 Å². The molecule has 0 fully saturated rings. The van der Waals surface area contributed by atoms with Gasteiger partial charge in [-0.15, -0.1) is 0 Å². The number of nitro benzene ring substituents is 1. The summed E-state index contributed by atoms with van der Waals surface area (Å²) in [4.78, 5) is 40.3. The summed E-state index contributed by atoms with van der Waals surface area (Å²) in [5, 5.41) is 20.4. The topological polar surface area (TPSA) is 135 Å². The minimum absolute atomic E-state index is 0.113. The van der Waals surface area contributed by atoms with E-state index in [1.165, 1.54) is 13.2 Å². The van der Waals surface area contributed by atoms with Crippen LogP contribution in [-0.4, -0.2) is 35.4 Å². The number of nitrogens with one attached hydrogen (secondary N) is 3. The molecule has 0 saturated carbocycles. The second kappa shape index (κ2) is 11.0. The highest BCUT2D eigenvalue weighted by atomic mass is 16.6. The second-order valence-corrected chi connectivity index (χ2v) is 9.00. The Bertz CT molecular complexity index is 1570. The number of nitrogens with zero attached hydrogens (tertiary/aromatic N) is 2. The first-order valence-electron chi connectivity index (χ1n) is 12.2. The number of aromatic nitrogens is 1. The van der Waals surface area contributed by atoms with Crippen LogP contribution in [0.1, 0.15) is 21.5 Å². The Morgan fingerprint density at radius 1 is 0.974 bits per heavy atom. The number of methoxy groups -OCH3 is 1. The maximum atomic E-state index is 13.0. The zero-order valence-electron chi connectivity index (χ0n) is 21.1. The molecule has 0 saturated heterocycles. The lowest BCUT2D eigenvalue weighted by molar-refractivity contribution is -0.385. The highest BCUT2D eigenvalue weighted by molar-refractivity contribution is 6.12. The van der Waals surface area contributed by atoms with Gasteiger partial charge in [0.2, 0.25) is 5.91 Å². The Kier molecular flexibility index (Phi) is 7.17. The first kappa shape index (κ1) is 25.4. The van der Waals surface area contributed by atoms with Crippen LogP contribution in [0.3, 0.4) is 0 Å².